The SMILES string of the molecule is O=C(O)c1cc(Sc2ccc(Br)cn2)ccc1Cl. The lowest BCUT2D eigenvalue weighted by molar-refractivity contribution is 0.0697. The second kappa shape index (κ2) is 5.73. The van der Waals surface area contributed by atoms with E-state index < -0.39 is 5.97 Å². The first kappa shape index (κ1) is 13.4. The van der Waals surface area contributed by atoms with Gasteiger partial charge in [-0.05, 0) is 46.3 Å². The number of carboxylic acids is 1. The number of carboxylic acid groups (broad SMARTS) is 1. The first-order valence-corrected chi connectivity index (χ1v) is 6.87. The van der Waals surface area contributed by atoms with E-state index in [-0.39, 0.29) is 10.6 Å². The maximum absolute atomic E-state index is 11.0. The fraction of sp³-hybridized carbons (Fsp3) is 0. The van der Waals surface area contributed by atoms with Gasteiger partial charge in [0.15, 0.2) is 0 Å². The molecule has 0 radical (unpaired) electrons. The fourth-order valence-corrected chi connectivity index (χ4v) is 2.50. The highest BCUT2D eigenvalue weighted by Gasteiger charge is 2.10. The summed E-state index contributed by atoms with van der Waals surface area (Å²) in [5.41, 5.74) is 0.0961. The van der Waals surface area contributed by atoms with Crippen LogP contribution in [0.4, 0.5) is 0 Å². The monoisotopic (exact) mass is 343 g/mol. The lowest BCUT2D eigenvalue weighted by Crippen LogP contribution is -1.97. The Labute approximate surface area is 121 Å². The van der Waals surface area contributed by atoms with Crippen LogP contribution in [-0.4, -0.2) is 16.1 Å². The molecular formula is C12H7BrClNO2S. The molecule has 0 aliphatic carbocycles. The number of halogens is 2. The molecule has 6 heteroatoms. The maximum atomic E-state index is 11.0. The van der Waals surface area contributed by atoms with Crippen molar-refractivity contribution in [3.05, 3.63) is 51.6 Å². The van der Waals surface area contributed by atoms with Crippen LogP contribution in [0.1, 0.15) is 10.4 Å². The zero-order valence-corrected chi connectivity index (χ0v) is 12.1. The molecule has 0 atom stereocenters. The molecule has 0 saturated carbocycles. The molecule has 2 aromatic rings. The highest BCUT2D eigenvalue weighted by Crippen LogP contribution is 2.29. The third-order valence-corrected chi connectivity index (χ3v) is 3.83. The first-order chi connectivity index (χ1) is 8.56. The summed E-state index contributed by atoms with van der Waals surface area (Å²) in [4.78, 5) is 15.9. The van der Waals surface area contributed by atoms with Gasteiger partial charge in [-0.25, -0.2) is 9.78 Å². The molecule has 0 amide bonds. The van der Waals surface area contributed by atoms with E-state index in [1.54, 1.807) is 24.4 Å². The van der Waals surface area contributed by atoms with Crippen molar-refractivity contribution in [2.75, 3.05) is 0 Å². The van der Waals surface area contributed by atoms with E-state index in [0.29, 0.717) is 0 Å². The van der Waals surface area contributed by atoms with Crippen molar-refractivity contribution in [3.63, 3.8) is 0 Å². The Morgan fingerprint density at radius 1 is 1.33 bits per heavy atom. The van der Waals surface area contributed by atoms with Crippen molar-refractivity contribution in [3.8, 4) is 0 Å². The largest absolute Gasteiger partial charge is 0.478 e. The van der Waals surface area contributed by atoms with E-state index in [9.17, 15) is 4.79 Å². The van der Waals surface area contributed by atoms with Crippen molar-refractivity contribution in [1.82, 2.24) is 4.98 Å². The molecule has 3 nitrogen and oxygen atoms in total. The van der Waals surface area contributed by atoms with E-state index in [1.807, 2.05) is 12.1 Å². The third-order valence-electron chi connectivity index (χ3n) is 2.09. The molecule has 18 heavy (non-hydrogen) atoms. The predicted molar refractivity (Wildman–Crippen MR) is 74.5 cm³/mol. The minimum atomic E-state index is -1.04. The number of carbonyl (C=O) groups is 1. The quantitative estimate of drug-likeness (QED) is 0.899. The summed E-state index contributed by atoms with van der Waals surface area (Å²) in [6, 6.07) is 8.61. The Kier molecular flexibility index (Phi) is 4.27. The van der Waals surface area contributed by atoms with Crippen molar-refractivity contribution >= 4 is 45.3 Å². The van der Waals surface area contributed by atoms with Crippen molar-refractivity contribution in [1.29, 1.82) is 0 Å². The van der Waals surface area contributed by atoms with Crippen LogP contribution in [0.3, 0.4) is 0 Å². The summed E-state index contributed by atoms with van der Waals surface area (Å²) < 4.78 is 0.897. The molecule has 2 rings (SSSR count). The van der Waals surface area contributed by atoms with Crippen LogP contribution in [0.2, 0.25) is 5.02 Å². The Morgan fingerprint density at radius 3 is 2.72 bits per heavy atom. The average molecular weight is 345 g/mol. The average Bonchev–Trinajstić information content (AvgIpc) is 2.34. The Bertz CT molecular complexity index is 589. The van der Waals surface area contributed by atoms with E-state index in [2.05, 4.69) is 20.9 Å². The normalized spacial score (nSPS) is 10.3. The van der Waals surface area contributed by atoms with Crippen molar-refractivity contribution < 1.29 is 9.90 Å². The Balaban J connectivity index is 2.27. The summed E-state index contributed by atoms with van der Waals surface area (Å²) in [5.74, 6) is -1.04. The minimum absolute atomic E-state index is 0.0961. The molecule has 0 fully saturated rings. The molecule has 0 unspecified atom stereocenters. The molecule has 0 aliphatic heterocycles. The van der Waals surface area contributed by atoms with Gasteiger partial charge in [0.2, 0.25) is 0 Å². The number of pyridine rings is 1. The molecule has 1 aromatic heterocycles. The number of aromatic carboxylic acids is 1. The number of hydrogen-bond acceptors (Lipinski definition) is 3. The summed E-state index contributed by atoms with van der Waals surface area (Å²) in [6.07, 6.45) is 1.69. The molecule has 0 saturated heterocycles. The highest BCUT2D eigenvalue weighted by atomic mass is 79.9. The summed E-state index contributed by atoms with van der Waals surface area (Å²) in [7, 11) is 0. The summed E-state index contributed by atoms with van der Waals surface area (Å²) in [5, 5.41) is 10.00. The van der Waals surface area contributed by atoms with Gasteiger partial charge in [0.1, 0.15) is 5.03 Å². The summed E-state index contributed by atoms with van der Waals surface area (Å²) >= 11 is 10.5. The summed E-state index contributed by atoms with van der Waals surface area (Å²) in [6.45, 7) is 0. The smallest absolute Gasteiger partial charge is 0.337 e. The maximum Gasteiger partial charge on any atom is 0.337 e. The molecule has 0 bridgehead atoms. The molecule has 0 aliphatic rings. The van der Waals surface area contributed by atoms with Crippen LogP contribution in [0.5, 0.6) is 0 Å². The topological polar surface area (TPSA) is 50.2 Å². The van der Waals surface area contributed by atoms with Gasteiger partial charge in [-0.3, -0.25) is 0 Å². The van der Waals surface area contributed by atoms with Gasteiger partial charge in [-0.15, -0.1) is 0 Å². The van der Waals surface area contributed by atoms with Crippen LogP contribution in [0, 0.1) is 0 Å². The lowest BCUT2D eigenvalue weighted by atomic mass is 10.2. The Morgan fingerprint density at radius 2 is 2.11 bits per heavy atom. The van der Waals surface area contributed by atoms with Gasteiger partial charge < -0.3 is 5.11 Å². The number of benzene rings is 1. The van der Waals surface area contributed by atoms with Gasteiger partial charge in [0.05, 0.1) is 10.6 Å². The Hall–Kier alpha value is -1.04. The zero-order chi connectivity index (χ0) is 13.1. The van der Waals surface area contributed by atoms with Crippen molar-refractivity contribution in [2.24, 2.45) is 0 Å². The molecule has 0 spiro atoms. The van der Waals surface area contributed by atoms with Gasteiger partial charge in [0, 0.05) is 15.6 Å². The first-order valence-electron chi connectivity index (χ1n) is 4.88. The lowest BCUT2D eigenvalue weighted by Gasteiger charge is -2.04. The third kappa shape index (κ3) is 3.25. The molecule has 1 N–H and O–H groups in total. The fourth-order valence-electron chi connectivity index (χ4n) is 1.28. The second-order valence-electron chi connectivity index (χ2n) is 3.36. The molecule has 92 valence electrons. The number of hydrogen-bond donors (Lipinski definition) is 1. The van der Waals surface area contributed by atoms with Crippen LogP contribution >= 0.6 is 39.3 Å². The van der Waals surface area contributed by atoms with Crippen LogP contribution in [0.15, 0.2) is 50.9 Å². The van der Waals surface area contributed by atoms with Gasteiger partial charge in [-0.2, -0.15) is 0 Å². The number of aromatic nitrogens is 1. The standard InChI is InChI=1S/C12H7BrClNO2S/c13-7-1-4-11(15-6-7)18-8-2-3-10(14)9(5-8)12(16)17/h1-6H,(H,16,17). The second-order valence-corrected chi connectivity index (χ2v) is 5.78. The predicted octanol–water partition coefficient (Wildman–Crippen LogP) is 4.35. The highest BCUT2D eigenvalue weighted by molar-refractivity contribution is 9.10. The van der Waals surface area contributed by atoms with Gasteiger partial charge in [0.25, 0.3) is 0 Å². The van der Waals surface area contributed by atoms with Gasteiger partial charge >= 0.3 is 5.97 Å². The van der Waals surface area contributed by atoms with E-state index in [1.165, 1.54) is 11.8 Å². The molecule has 1 heterocycles. The van der Waals surface area contributed by atoms with E-state index in [4.69, 9.17) is 16.7 Å². The van der Waals surface area contributed by atoms with Gasteiger partial charge in [-0.1, -0.05) is 23.4 Å². The van der Waals surface area contributed by atoms with E-state index in [0.717, 1.165) is 14.4 Å². The number of rotatable bonds is 3. The van der Waals surface area contributed by atoms with Crippen molar-refractivity contribution in [2.45, 2.75) is 9.92 Å². The zero-order valence-electron chi connectivity index (χ0n) is 8.93. The van der Waals surface area contributed by atoms with Crippen LogP contribution in [0.25, 0.3) is 0 Å². The van der Waals surface area contributed by atoms with Crippen LogP contribution < -0.4 is 0 Å². The minimum Gasteiger partial charge on any atom is -0.478 e. The number of nitrogens with zero attached hydrogens (tertiary/aromatic N) is 1. The van der Waals surface area contributed by atoms with Crippen LogP contribution in [-0.2, 0) is 0 Å². The molecular weight excluding hydrogens is 338 g/mol. The van der Waals surface area contributed by atoms with E-state index >= 15 is 0 Å². The molecule has 1 aromatic carbocycles.